The number of fused-ring (bicyclic) bond motifs is 5. The molecule has 0 radical (unpaired) electrons. The topological polar surface area (TPSA) is 54.4 Å². The third-order valence-electron chi connectivity index (χ3n) is 7.88. The van der Waals surface area contributed by atoms with Gasteiger partial charge in [-0.1, -0.05) is 20.3 Å². The quantitative estimate of drug-likeness (QED) is 0.731. The molecule has 0 aromatic carbocycles. The number of hydrogen-bond donors (Lipinski definition) is 1. The Morgan fingerprint density at radius 1 is 1.13 bits per heavy atom. The van der Waals surface area contributed by atoms with E-state index in [0.29, 0.717) is 40.7 Å². The Labute approximate surface area is 137 Å². The van der Waals surface area contributed by atoms with Gasteiger partial charge in [0.1, 0.15) is 0 Å². The van der Waals surface area contributed by atoms with Crippen LogP contribution in [0.15, 0.2) is 23.0 Å². The van der Waals surface area contributed by atoms with Crippen molar-refractivity contribution in [2.24, 2.45) is 28.6 Å². The first-order valence-corrected chi connectivity index (χ1v) is 8.99. The van der Waals surface area contributed by atoms with Crippen LogP contribution >= 0.6 is 0 Å². The van der Waals surface area contributed by atoms with Crippen LogP contribution in [-0.4, -0.2) is 16.7 Å². The predicted octanol–water partition coefficient (Wildman–Crippen LogP) is 4.14. The monoisotopic (exact) mass is 314 g/mol. The maximum atomic E-state index is 12.9. The van der Waals surface area contributed by atoms with Crippen molar-refractivity contribution in [2.45, 2.75) is 59.3 Å². The third-order valence-corrected chi connectivity index (χ3v) is 7.88. The molecule has 0 spiro atoms. The van der Waals surface area contributed by atoms with Gasteiger partial charge in [0, 0.05) is 17.4 Å². The van der Waals surface area contributed by atoms with Crippen molar-refractivity contribution in [1.82, 2.24) is 0 Å². The molecule has 4 aliphatic rings. The van der Waals surface area contributed by atoms with Gasteiger partial charge in [-0.15, -0.1) is 0 Å². The fraction of sp³-hybridized carbons (Fsp3) is 0.700. The van der Waals surface area contributed by atoms with Crippen molar-refractivity contribution in [3.05, 3.63) is 23.0 Å². The van der Waals surface area contributed by atoms with Gasteiger partial charge < -0.3 is 5.11 Å². The summed E-state index contributed by atoms with van der Waals surface area (Å²) >= 11 is 0. The molecule has 3 saturated carbocycles. The number of carbonyl (C=O) groups is 2. The first-order valence-electron chi connectivity index (χ1n) is 8.99. The summed E-state index contributed by atoms with van der Waals surface area (Å²) in [6.07, 6.45) is 8.10. The standard InChI is InChI=1S/C20H26O3/c1-11-18(23)17(22)10-15-16(21)9-12-13-5-4-7-19(13,2)8-6-14(12)20(11,15)3/h10,12-14,23H,4-9H2,1-3H3/t12-,13-,14-,19-,20+/m0/s1. The smallest absolute Gasteiger partial charge is 0.220 e. The fourth-order valence-corrected chi connectivity index (χ4v) is 6.44. The molecular weight excluding hydrogens is 288 g/mol. The van der Waals surface area contributed by atoms with Gasteiger partial charge in [0.15, 0.2) is 11.5 Å². The van der Waals surface area contributed by atoms with E-state index in [2.05, 4.69) is 13.8 Å². The average molecular weight is 314 g/mol. The van der Waals surface area contributed by atoms with E-state index < -0.39 is 11.2 Å². The molecule has 23 heavy (non-hydrogen) atoms. The molecule has 0 unspecified atom stereocenters. The Morgan fingerprint density at radius 2 is 1.87 bits per heavy atom. The molecular formula is C20H26O3. The van der Waals surface area contributed by atoms with Crippen LogP contribution in [0.2, 0.25) is 0 Å². The van der Waals surface area contributed by atoms with Gasteiger partial charge in [0.25, 0.3) is 0 Å². The second-order valence-electron chi connectivity index (χ2n) is 8.69. The summed E-state index contributed by atoms with van der Waals surface area (Å²) in [5.74, 6) is 0.994. The highest BCUT2D eigenvalue weighted by molar-refractivity contribution is 6.12. The van der Waals surface area contributed by atoms with Crippen LogP contribution in [0.3, 0.4) is 0 Å². The maximum Gasteiger partial charge on any atom is 0.220 e. The molecule has 5 atom stereocenters. The Morgan fingerprint density at radius 3 is 2.61 bits per heavy atom. The van der Waals surface area contributed by atoms with Gasteiger partial charge in [-0.25, -0.2) is 0 Å². The molecule has 0 aliphatic heterocycles. The highest BCUT2D eigenvalue weighted by atomic mass is 16.3. The molecule has 0 amide bonds. The number of ketones is 2. The van der Waals surface area contributed by atoms with Gasteiger partial charge in [-0.3, -0.25) is 9.59 Å². The van der Waals surface area contributed by atoms with E-state index in [4.69, 9.17) is 0 Å². The lowest BCUT2D eigenvalue weighted by Crippen LogP contribution is -2.52. The Kier molecular flexibility index (Phi) is 3.02. The number of aliphatic hydroxyl groups excluding tert-OH is 1. The molecule has 3 nitrogen and oxygen atoms in total. The fourth-order valence-electron chi connectivity index (χ4n) is 6.44. The lowest BCUT2D eigenvalue weighted by Gasteiger charge is -2.56. The minimum Gasteiger partial charge on any atom is -0.504 e. The molecule has 124 valence electrons. The number of aliphatic hydroxyl groups is 1. The minimum atomic E-state index is -0.456. The van der Waals surface area contributed by atoms with Crippen molar-refractivity contribution in [3.8, 4) is 0 Å². The number of hydrogen-bond acceptors (Lipinski definition) is 3. The van der Waals surface area contributed by atoms with Gasteiger partial charge in [-0.2, -0.15) is 0 Å². The summed E-state index contributed by atoms with van der Waals surface area (Å²) in [7, 11) is 0. The molecule has 3 fully saturated rings. The maximum absolute atomic E-state index is 12.9. The van der Waals surface area contributed by atoms with E-state index in [1.54, 1.807) is 0 Å². The summed E-state index contributed by atoms with van der Waals surface area (Å²) in [5.41, 5.74) is 1.30. The lowest BCUT2D eigenvalue weighted by molar-refractivity contribution is -0.127. The van der Waals surface area contributed by atoms with Crippen LogP contribution < -0.4 is 0 Å². The summed E-state index contributed by atoms with van der Waals surface area (Å²) < 4.78 is 0. The Hall–Kier alpha value is -1.38. The van der Waals surface area contributed by atoms with Crippen LogP contribution in [0.4, 0.5) is 0 Å². The van der Waals surface area contributed by atoms with E-state index in [-0.39, 0.29) is 11.5 Å². The van der Waals surface area contributed by atoms with Crippen LogP contribution in [0, 0.1) is 28.6 Å². The van der Waals surface area contributed by atoms with Crippen LogP contribution in [0.5, 0.6) is 0 Å². The van der Waals surface area contributed by atoms with E-state index >= 15 is 0 Å². The molecule has 4 rings (SSSR count). The molecule has 0 saturated heterocycles. The Balaban J connectivity index is 1.83. The second-order valence-corrected chi connectivity index (χ2v) is 8.69. The van der Waals surface area contributed by atoms with Crippen molar-refractivity contribution >= 4 is 11.6 Å². The minimum absolute atomic E-state index is 0.130. The number of rotatable bonds is 0. The van der Waals surface area contributed by atoms with E-state index in [1.165, 1.54) is 31.8 Å². The zero-order valence-corrected chi connectivity index (χ0v) is 14.3. The van der Waals surface area contributed by atoms with E-state index in [9.17, 15) is 14.7 Å². The molecule has 1 N–H and O–H groups in total. The number of carbonyl (C=O) groups excluding carboxylic acids is 2. The lowest BCUT2D eigenvalue weighted by atomic mass is 9.47. The van der Waals surface area contributed by atoms with Gasteiger partial charge in [0.2, 0.25) is 5.78 Å². The summed E-state index contributed by atoms with van der Waals surface area (Å²) in [6.45, 7) is 6.34. The van der Waals surface area contributed by atoms with Gasteiger partial charge in [-0.05, 0) is 67.4 Å². The molecule has 0 aromatic rings. The SMILES string of the molecule is CC1=C(O)C(=O)C=C2C(=O)C[C@H]3[C@@H]4CCC[C@@]4(C)CC[C@@H]3[C@]21C. The van der Waals surface area contributed by atoms with Crippen LogP contribution in [-0.2, 0) is 9.59 Å². The second kappa shape index (κ2) is 4.58. The van der Waals surface area contributed by atoms with Gasteiger partial charge in [0.05, 0.1) is 0 Å². The zero-order valence-electron chi connectivity index (χ0n) is 14.3. The zero-order chi connectivity index (χ0) is 16.6. The highest BCUT2D eigenvalue weighted by Gasteiger charge is 2.59. The summed E-state index contributed by atoms with van der Waals surface area (Å²) in [5, 5.41) is 10.2. The number of Topliss-reactive ketones (excluding diaryl/α,β-unsaturated/α-hetero) is 1. The summed E-state index contributed by atoms with van der Waals surface area (Å²) in [4.78, 5) is 24.9. The van der Waals surface area contributed by atoms with E-state index in [0.717, 1.165) is 6.42 Å². The van der Waals surface area contributed by atoms with Gasteiger partial charge >= 0.3 is 0 Å². The normalized spacial score (nSPS) is 46.2. The molecule has 3 heteroatoms. The highest BCUT2D eigenvalue weighted by Crippen LogP contribution is 2.65. The molecule has 0 heterocycles. The third kappa shape index (κ3) is 1.77. The average Bonchev–Trinajstić information content (AvgIpc) is 2.90. The predicted molar refractivity (Wildman–Crippen MR) is 87.8 cm³/mol. The van der Waals surface area contributed by atoms with Crippen molar-refractivity contribution in [1.29, 1.82) is 0 Å². The van der Waals surface area contributed by atoms with Crippen molar-refractivity contribution in [2.75, 3.05) is 0 Å². The number of allylic oxidation sites excluding steroid dienone is 3. The van der Waals surface area contributed by atoms with Crippen LogP contribution in [0.1, 0.15) is 59.3 Å². The summed E-state index contributed by atoms with van der Waals surface area (Å²) in [6, 6.07) is 0. The Bertz CT molecular complexity index is 670. The first-order chi connectivity index (χ1) is 10.8. The van der Waals surface area contributed by atoms with Crippen LogP contribution in [0.25, 0.3) is 0 Å². The molecule has 0 aromatic heterocycles. The largest absolute Gasteiger partial charge is 0.504 e. The van der Waals surface area contributed by atoms with E-state index in [1.807, 2.05) is 6.92 Å². The first kappa shape index (κ1) is 15.2. The van der Waals surface area contributed by atoms with Crippen molar-refractivity contribution in [3.63, 3.8) is 0 Å². The van der Waals surface area contributed by atoms with Crippen molar-refractivity contribution < 1.29 is 14.7 Å². The molecule has 4 aliphatic carbocycles. The molecule has 0 bridgehead atoms.